The summed E-state index contributed by atoms with van der Waals surface area (Å²) in [5.74, 6) is 1.03. The second kappa shape index (κ2) is 8.39. The quantitative estimate of drug-likeness (QED) is 0.273. The van der Waals surface area contributed by atoms with Crippen LogP contribution in [0.5, 0.6) is 5.75 Å². The van der Waals surface area contributed by atoms with Crippen LogP contribution in [0.25, 0.3) is 11.3 Å². The molecular weight excluding hydrogens is 444 g/mol. The molecule has 3 aromatic carbocycles. The van der Waals surface area contributed by atoms with E-state index in [1.54, 1.807) is 25.5 Å². The number of benzene rings is 3. The number of oxazole rings is 1. The molecule has 35 heavy (non-hydrogen) atoms. The number of nitro groups is 1. The van der Waals surface area contributed by atoms with E-state index in [-0.39, 0.29) is 17.6 Å². The molecule has 0 fully saturated rings. The molecule has 0 saturated carbocycles. The van der Waals surface area contributed by atoms with Gasteiger partial charge in [-0.1, -0.05) is 30.3 Å². The summed E-state index contributed by atoms with van der Waals surface area (Å²) in [6, 6.07) is 23.1. The highest BCUT2D eigenvalue weighted by molar-refractivity contribution is 6.07. The van der Waals surface area contributed by atoms with Crippen molar-refractivity contribution in [1.82, 2.24) is 4.98 Å². The second-order valence-corrected chi connectivity index (χ2v) is 8.67. The molecule has 1 aliphatic carbocycles. The van der Waals surface area contributed by atoms with Gasteiger partial charge in [0, 0.05) is 29.2 Å². The molecule has 0 unspecified atom stereocenters. The first-order valence-electron chi connectivity index (χ1n) is 11.4. The molecule has 0 spiro atoms. The van der Waals surface area contributed by atoms with Crippen LogP contribution in [-0.4, -0.2) is 22.7 Å². The van der Waals surface area contributed by atoms with Crippen molar-refractivity contribution in [3.8, 4) is 17.0 Å². The van der Waals surface area contributed by atoms with Crippen molar-refractivity contribution in [3.05, 3.63) is 106 Å². The standard InChI is InChI=1S/C27H22N4O4/c1-34-21-12-14-22-19(15-21)9-13-23-25(22)29-30(26(23)18-5-3-2-4-6-18)27-28-24(16-35-27)17-7-10-20(11-8-17)31(32)33/h2-8,10-12,14-16,23,26H,9,13H2,1H3/t23-,26+/m0/s1. The maximum Gasteiger partial charge on any atom is 0.319 e. The van der Waals surface area contributed by atoms with Crippen LogP contribution in [0, 0.1) is 16.0 Å². The zero-order valence-corrected chi connectivity index (χ0v) is 19.0. The highest BCUT2D eigenvalue weighted by atomic mass is 16.6. The Balaban J connectivity index is 1.41. The monoisotopic (exact) mass is 466 g/mol. The lowest BCUT2D eigenvalue weighted by molar-refractivity contribution is -0.384. The van der Waals surface area contributed by atoms with Crippen molar-refractivity contribution in [3.63, 3.8) is 0 Å². The Morgan fingerprint density at radius 2 is 1.89 bits per heavy atom. The van der Waals surface area contributed by atoms with Crippen molar-refractivity contribution >= 4 is 17.4 Å². The summed E-state index contributed by atoms with van der Waals surface area (Å²) in [4.78, 5) is 15.3. The predicted octanol–water partition coefficient (Wildman–Crippen LogP) is 5.79. The minimum Gasteiger partial charge on any atom is -0.497 e. The van der Waals surface area contributed by atoms with Crippen molar-refractivity contribution in [1.29, 1.82) is 0 Å². The first-order valence-corrected chi connectivity index (χ1v) is 11.4. The van der Waals surface area contributed by atoms with Crippen LogP contribution < -0.4 is 9.75 Å². The number of hydrogen-bond acceptors (Lipinski definition) is 7. The first kappa shape index (κ1) is 21.1. The van der Waals surface area contributed by atoms with E-state index in [4.69, 9.17) is 19.2 Å². The maximum absolute atomic E-state index is 11.0. The molecule has 1 aromatic heterocycles. The summed E-state index contributed by atoms with van der Waals surface area (Å²) >= 11 is 0. The molecule has 2 atom stereocenters. The number of hydrogen-bond donors (Lipinski definition) is 0. The van der Waals surface area contributed by atoms with Gasteiger partial charge in [-0.25, -0.2) is 5.01 Å². The summed E-state index contributed by atoms with van der Waals surface area (Å²) in [5.41, 5.74) is 5.90. The summed E-state index contributed by atoms with van der Waals surface area (Å²) in [6.45, 7) is 0. The van der Waals surface area contributed by atoms with Crippen LogP contribution in [0.1, 0.15) is 29.2 Å². The van der Waals surface area contributed by atoms with Crippen molar-refractivity contribution < 1.29 is 14.1 Å². The smallest absolute Gasteiger partial charge is 0.319 e. The molecule has 2 heterocycles. The van der Waals surface area contributed by atoms with Gasteiger partial charge in [0.15, 0.2) is 0 Å². The number of aromatic nitrogens is 1. The molecule has 0 radical (unpaired) electrons. The number of aryl methyl sites for hydroxylation is 1. The van der Waals surface area contributed by atoms with Crippen LogP contribution in [0.4, 0.5) is 11.7 Å². The summed E-state index contributed by atoms with van der Waals surface area (Å²) in [7, 11) is 1.68. The van der Waals surface area contributed by atoms with E-state index in [9.17, 15) is 10.1 Å². The highest BCUT2D eigenvalue weighted by Crippen LogP contribution is 2.45. The Morgan fingerprint density at radius 3 is 2.63 bits per heavy atom. The highest BCUT2D eigenvalue weighted by Gasteiger charge is 2.43. The minimum absolute atomic E-state index is 0.0342. The van der Waals surface area contributed by atoms with Crippen molar-refractivity contribution in [2.75, 3.05) is 12.1 Å². The Labute approximate surface area is 201 Å². The number of anilines is 1. The molecule has 2 aliphatic rings. The molecule has 1 aliphatic heterocycles. The number of nitrogens with zero attached hydrogens (tertiary/aromatic N) is 4. The number of nitro benzene ring substituents is 1. The average Bonchev–Trinajstić information content (AvgIpc) is 3.54. The summed E-state index contributed by atoms with van der Waals surface area (Å²) in [5, 5.41) is 17.9. The summed E-state index contributed by atoms with van der Waals surface area (Å²) < 4.78 is 11.3. The zero-order valence-electron chi connectivity index (χ0n) is 19.0. The lowest BCUT2D eigenvalue weighted by atomic mass is 9.77. The van der Waals surface area contributed by atoms with E-state index < -0.39 is 4.92 Å². The fourth-order valence-corrected chi connectivity index (χ4v) is 5.03. The molecule has 0 N–H and O–H groups in total. The van der Waals surface area contributed by atoms with Gasteiger partial charge in [-0.05, 0) is 54.3 Å². The molecule has 0 amide bonds. The minimum atomic E-state index is -0.419. The van der Waals surface area contributed by atoms with Crippen LogP contribution >= 0.6 is 0 Å². The number of ether oxygens (including phenoxy) is 1. The lowest BCUT2D eigenvalue weighted by Crippen LogP contribution is -2.28. The van der Waals surface area contributed by atoms with Gasteiger partial charge >= 0.3 is 6.01 Å². The average molecular weight is 466 g/mol. The van der Waals surface area contributed by atoms with E-state index in [1.807, 2.05) is 29.3 Å². The fourth-order valence-electron chi connectivity index (χ4n) is 5.03. The van der Waals surface area contributed by atoms with E-state index >= 15 is 0 Å². The van der Waals surface area contributed by atoms with Gasteiger partial charge in [0.2, 0.25) is 0 Å². The number of methoxy groups -OCH3 is 1. The van der Waals surface area contributed by atoms with Crippen LogP contribution in [0.3, 0.4) is 0 Å². The van der Waals surface area contributed by atoms with E-state index in [2.05, 4.69) is 24.3 Å². The molecule has 0 bridgehead atoms. The van der Waals surface area contributed by atoms with E-state index in [0.717, 1.165) is 41.0 Å². The number of rotatable bonds is 5. The Kier molecular flexibility index (Phi) is 5.06. The molecular formula is C27H22N4O4. The lowest BCUT2D eigenvalue weighted by Gasteiger charge is -2.29. The molecule has 4 aromatic rings. The number of non-ortho nitro benzene ring substituents is 1. The van der Waals surface area contributed by atoms with E-state index in [1.165, 1.54) is 17.7 Å². The Hall–Kier alpha value is -4.46. The summed E-state index contributed by atoms with van der Waals surface area (Å²) in [6.07, 6.45) is 3.46. The van der Waals surface area contributed by atoms with Gasteiger partial charge in [0.05, 0.1) is 23.8 Å². The van der Waals surface area contributed by atoms with Crippen molar-refractivity contribution in [2.24, 2.45) is 11.0 Å². The molecule has 8 heteroatoms. The molecule has 8 nitrogen and oxygen atoms in total. The normalized spacial score (nSPS) is 18.5. The largest absolute Gasteiger partial charge is 0.497 e. The number of hydrazone groups is 1. The van der Waals surface area contributed by atoms with Crippen LogP contribution in [0.2, 0.25) is 0 Å². The van der Waals surface area contributed by atoms with Gasteiger partial charge in [0.1, 0.15) is 17.7 Å². The SMILES string of the molecule is COc1ccc2c(c1)CC[C@H]1C2=NN(c2nc(-c3ccc([N+](=O)[O-])cc3)co2)[C@@H]1c1ccccc1. The van der Waals surface area contributed by atoms with Crippen molar-refractivity contribution in [2.45, 2.75) is 18.9 Å². The molecule has 174 valence electrons. The fraction of sp³-hybridized carbons (Fsp3) is 0.185. The Morgan fingerprint density at radius 1 is 1.09 bits per heavy atom. The molecule has 6 rings (SSSR count). The topological polar surface area (TPSA) is 94.0 Å². The third-order valence-corrected chi connectivity index (χ3v) is 6.73. The van der Waals surface area contributed by atoms with Crippen LogP contribution in [-0.2, 0) is 6.42 Å². The zero-order chi connectivity index (χ0) is 23.9. The van der Waals surface area contributed by atoms with Gasteiger partial charge in [-0.15, -0.1) is 0 Å². The van der Waals surface area contributed by atoms with Gasteiger partial charge in [-0.2, -0.15) is 10.1 Å². The van der Waals surface area contributed by atoms with Crippen LogP contribution in [0.15, 0.2) is 88.6 Å². The molecule has 0 saturated heterocycles. The number of fused-ring (bicyclic) bond motifs is 3. The third-order valence-electron chi connectivity index (χ3n) is 6.73. The Bertz CT molecular complexity index is 1430. The van der Waals surface area contributed by atoms with E-state index in [0.29, 0.717) is 11.7 Å². The van der Waals surface area contributed by atoms with Gasteiger partial charge in [0.25, 0.3) is 5.69 Å². The van der Waals surface area contributed by atoms with Gasteiger partial charge < -0.3 is 9.15 Å². The first-order chi connectivity index (χ1) is 17.1. The third kappa shape index (κ3) is 3.63. The second-order valence-electron chi connectivity index (χ2n) is 8.67. The maximum atomic E-state index is 11.0. The van der Waals surface area contributed by atoms with Gasteiger partial charge in [-0.3, -0.25) is 10.1 Å². The predicted molar refractivity (Wildman–Crippen MR) is 132 cm³/mol.